The maximum absolute atomic E-state index is 8.31. The Morgan fingerprint density at radius 2 is 2.50 bits per heavy atom. The fraction of sp³-hybridized carbons (Fsp3) is 0.400. The minimum absolute atomic E-state index is 0.0330. The molecule has 0 rings (SSSR count). The summed E-state index contributed by atoms with van der Waals surface area (Å²) in [7, 11) is 0. The van der Waals surface area contributed by atoms with Crippen molar-refractivity contribution in [2.45, 2.75) is 6.29 Å². The lowest BCUT2D eigenvalue weighted by atomic mass is 10.7. The van der Waals surface area contributed by atoms with Crippen molar-refractivity contribution in [3.63, 3.8) is 0 Å². The molecule has 0 spiro atoms. The Morgan fingerprint density at radius 3 is 2.88 bits per heavy atom. The number of hydrogen-bond donors (Lipinski definition) is 1. The van der Waals surface area contributed by atoms with Crippen molar-refractivity contribution in [3.8, 4) is 18.4 Å². The van der Waals surface area contributed by atoms with Crippen LogP contribution in [0.15, 0.2) is 0 Å². The van der Waals surface area contributed by atoms with E-state index in [4.69, 9.17) is 16.8 Å². The number of hydrogen-bond acceptors (Lipinski definition) is 3. The number of aliphatic hydroxyl groups excluding tert-OH is 1. The summed E-state index contributed by atoms with van der Waals surface area (Å²) < 4.78 is 4.30. The number of aliphatic hydroxyl groups is 1. The van der Waals surface area contributed by atoms with E-state index < -0.39 is 6.29 Å². The van der Waals surface area contributed by atoms with Gasteiger partial charge in [0.15, 0.2) is 0 Å². The molecule has 1 unspecified atom stereocenters. The van der Waals surface area contributed by atoms with Crippen LogP contribution in [0.5, 0.6) is 0 Å². The minimum Gasteiger partial charge on any atom is -0.356 e. The SMILES string of the molecule is C#CCOC(O)C#N. The standard InChI is InChI=1S/C5H5NO2/c1-2-3-8-5(7)4-6/h1,5,7H,3H2. The Hall–Kier alpha value is -1.03. The van der Waals surface area contributed by atoms with Crippen LogP contribution in [0.4, 0.5) is 0 Å². The number of ether oxygens (including phenoxy) is 1. The van der Waals surface area contributed by atoms with Gasteiger partial charge in [0.25, 0.3) is 0 Å². The third-order valence-corrected chi connectivity index (χ3v) is 0.435. The van der Waals surface area contributed by atoms with Gasteiger partial charge in [0.2, 0.25) is 6.29 Å². The highest BCUT2D eigenvalue weighted by Crippen LogP contribution is 1.79. The average Bonchev–Trinajstić information content (AvgIpc) is 1.83. The number of rotatable bonds is 2. The van der Waals surface area contributed by atoms with Crippen molar-refractivity contribution in [3.05, 3.63) is 0 Å². The third kappa shape index (κ3) is 3.17. The van der Waals surface area contributed by atoms with Crippen LogP contribution in [0.25, 0.3) is 0 Å². The van der Waals surface area contributed by atoms with Crippen molar-refractivity contribution in [1.29, 1.82) is 5.26 Å². The van der Waals surface area contributed by atoms with Gasteiger partial charge in [-0.25, -0.2) is 0 Å². The first kappa shape index (κ1) is 6.97. The Bertz CT molecular complexity index is 130. The molecule has 0 heterocycles. The van der Waals surface area contributed by atoms with Gasteiger partial charge < -0.3 is 9.84 Å². The van der Waals surface area contributed by atoms with Gasteiger partial charge in [0, 0.05) is 0 Å². The van der Waals surface area contributed by atoms with E-state index in [2.05, 4.69) is 10.7 Å². The van der Waals surface area contributed by atoms with Gasteiger partial charge in [-0.2, -0.15) is 5.26 Å². The normalized spacial score (nSPS) is 11.4. The molecule has 0 bridgehead atoms. The summed E-state index contributed by atoms with van der Waals surface area (Å²) in [6, 6.07) is 1.44. The maximum Gasteiger partial charge on any atom is 0.246 e. The van der Waals surface area contributed by atoms with Gasteiger partial charge in [-0.1, -0.05) is 5.92 Å². The molecule has 1 N–H and O–H groups in total. The van der Waals surface area contributed by atoms with Crippen molar-refractivity contribution >= 4 is 0 Å². The zero-order chi connectivity index (χ0) is 6.41. The summed E-state index contributed by atoms with van der Waals surface area (Å²) in [5.74, 6) is 2.10. The molecular formula is C5H5NO2. The van der Waals surface area contributed by atoms with Gasteiger partial charge in [-0.15, -0.1) is 6.42 Å². The van der Waals surface area contributed by atoms with Gasteiger partial charge in [-0.05, 0) is 0 Å². The highest BCUT2D eigenvalue weighted by Gasteiger charge is 1.95. The van der Waals surface area contributed by atoms with Crippen LogP contribution in [0.3, 0.4) is 0 Å². The predicted octanol–water partition coefficient (Wildman–Crippen LogP) is -0.522. The van der Waals surface area contributed by atoms with Crippen LogP contribution in [0.2, 0.25) is 0 Å². The van der Waals surface area contributed by atoms with E-state index in [0.29, 0.717) is 0 Å². The van der Waals surface area contributed by atoms with E-state index in [0.717, 1.165) is 0 Å². The van der Waals surface area contributed by atoms with E-state index in [1.165, 1.54) is 6.07 Å². The molecule has 8 heavy (non-hydrogen) atoms. The lowest BCUT2D eigenvalue weighted by Gasteiger charge is -1.96. The van der Waals surface area contributed by atoms with Crippen LogP contribution >= 0.6 is 0 Å². The smallest absolute Gasteiger partial charge is 0.246 e. The molecule has 0 aromatic rings. The molecule has 0 aromatic carbocycles. The molecule has 0 fully saturated rings. The van der Waals surface area contributed by atoms with E-state index in [9.17, 15) is 0 Å². The fourth-order valence-corrected chi connectivity index (χ4v) is 0.164. The zero-order valence-corrected chi connectivity index (χ0v) is 4.16. The lowest BCUT2D eigenvalue weighted by molar-refractivity contribution is -0.0442. The molecule has 0 aliphatic heterocycles. The van der Waals surface area contributed by atoms with Gasteiger partial charge in [0.05, 0.1) is 0 Å². The predicted molar refractivity (Wildman–Crippen MR) is 26.4 cm³/mol. The molecule has 0 aromatic heterocycles. The van der Waals surface area contributed by atoms with Gasteiger partial charge in [-0.3, -0.25) is 0 Å². The van der Waals surface area contributed by atoms with Crippen molar-refractivity contribution < 1.29 is 9.84 Å². The molecule has 0 radical (unpaired) electrons. The van der Waals surface area contributed by atoms with Crippen LogP contribution in [-0.2, 0) is 4.74 Å². The van der Waals surface area contributed by atoms with E-state index in [1.807, 2.05) is 0 Å². The topological polar surface area (TPSA) is 53.2 Å². The van der Waals surface area contributed by atoms with Crippen molar-refractivity contribution in [1.82, 2.24) is 0 Å². The van der Waals surface area contributed by atoms with Crippen LogP contribution < -0.4 is 0 Å². The van der Waals surface area contributed by atoms with E-state index in [-0.39, 0.29) is 6.61 Å². The molecule has 0 saturated heterocycles. The van der Waals surface area contributed by atoms with Crippen LogP contribution in [-0.4, -0.2) is 18.0 Å². The highest BCUT2D eigenvalue weighted by atomic mass is 16.6. The zero-order valence-electron chi connectivity index (χ0n) is 4.16. The summed E-state index contributed by atoms with van der Waals surface area (Å²) >= 11 is 0. The molecular weight excluding hydrogens is 106 g/mol. The summed E-state index contributed by atoms with van der Waals surface area (Å²) in [5, 5.41) is 16.2. The number of terminal acetylenes is 1. The van der Waals surface area contributed by atoms with Crippen LogP contribution in [0, 0.1) is 23.7 Å². The fourth-order valence-electron chi connectivity index (χ4n) is 0.164. The highest BCUT2D eigenvalue weighted by molar-refractivity contribution is 4.85. The first-order valence-corrected chi connectivity index (χ1v) is 1.94. The molecule has 3 heteroatoms. The third-order valence-electron chi connectivity index (χ3n) is 0.435. The van der Waals surface area contributed by atoms with Gasteiger partial charge in [0.1, 0.15) is 12.7 Å². The molecule has 0 aliphatic rings. The Labute approximate surface area is 47.5 Å². The molecule has 0 amide bonds. The summed E-state index contributed by atoms with van der Waals surface area (Å²) in [6.45, 7) is -0.0330. The van der Waals surface area contributed by atoms with Crippen LogP contribution in [0.1, 0.15) is 0 Å². The first-order valence-electron chi connectivity index (χ1n) is 1.94. The Balaban J connectivity index is 3.18. The van der Waals surface area contributed by atoms with E-state index in [1.54, 1.807) is 0 Å². The Kier molecular flexibility index (Phi) is 3.60. The maximum atomic E-state index is 8.31. The average molecular weight is 111 g/mol. The number of nitrogens with zero attached hydrogens (tertiary/aromatic N) is 1. The molecule has 0 aliphatic carbocycles. The van der Waals surface area contributed by atoms with E-state index >= 15 is 0 Å². The molecule has 3 nitrogen and oxygen atoms in total. The van der Waals surface area contributed by atoms with Crippen molar-refractivity contribution in [2.75, 3.05) is 6.61 Å². The summed E-state index contributed by atoms with van der Waals surface area (Å²) in [5.41, 5.74) is 0. The largest absolute Gasteiger partial charge is 0.356 e. The van der Waals surface area contributed by atoms with Gasteiger partial charge >= 0.3 is 0 Å². The number of nitriles is 1. The minimum atomic E-state index is -1.38. The molecule has 0 saturated carbocycles. The summed E-state index contributed by atoms with van der Waals surface area (Å²) in [6.07, 6.45) is 3.35. The molecule has 1 atom stereocenters. The quantitative estimate of drug-likeness (QED) is 0.296. The second-order valence-corrected chi connectivity index (χ2v) is 0.997. The lowest BCUT2D eigenvalue weighted by Crippen LogP contribution is -2.07. The van der Waals surface area contributed by atoms with Crippen molar-refractivity contribution in [2.24, 2.45) is 0 Å². The second kappa shape index (κ2) is 4.14. The Morgan fingerprint density at radius 1 is 1.88 bits per heavy atom. The monoisotopic (exact) mass is 111 g/mol. The first-order chi connectivity index (χ1) is 3.81. The second-order valence-electron chi connectivity index (χ2n) is 0.997. The summed E-state index contributed by atoms with van der Waals surface area (Å²) in [4.78, 5) is 0. The molecule has 42 valence electrons.